The Balaban J connectivity index is 4.31. The van der Waals surface area contributed by atoms with Gasteiger partial charge in [0.05, 0.1) is 0 Å². The van der Waals surface area contributed by atoms with E-state index in [-0.39, 0.29) is 0 Å². The van der Waals surface area contributed by atoms with Crippen molar-refractivity contribution in [1.29, 1.82) is 0 Å². The van der Waals surface area contributed by atoms with Gasteiger partial charge >= 0.3 is 0 Å². The lowest BCUT2D eigenvalue weighted by atomic mass is 9.97. The van der Waals surface area contributed by atoms with Crippen LogP contribution in [-0.4, -0.2) is 37.1 Å². The highest BCUT2D eigenvalue weighted by atomic mass is 15.1. The fourth-order valence-electron chi connectivity index (χ4n) is 2.24. The topological polar surface area (TPSA) is 15.3 Å². The number of likely N-dealkylation sites (N-methyl/N-ethyl adjacent to an activating group) is 1. The van der Waals surface area contributed by atoms with Crippen LogP contribution in [0.25, 0.3) is 0 Å². The van der Waals surface area contributed by atoms with Crippen LogP contribution in [0, 0.1) is 11.8 Å². The summed E-state index contributed by atoms with van der Waals surface area (Å²) >= 11 is 0. The van der Waals surface area contributed by atoms with Crippen LogP contribution >= 0.6 is 0 Å². The molecule has 0 heterocycles. The van der Waals surface area contributed by atoms with E-state index < -0.39 is 0 Å². The van der Waals surface area contributed by atoms with Crippen molar-refractivity contribution in [2.75, 3.05) is 26.2 Å². The van der Waals surface area contributed by atoms with Crippen molar-refractivity contribution in [2.24, 2.45) is 11.8 Å². The van der Waals surface area contributed by atoms with Crippen molar-refractivity contribution < 1.29 is 0 Å². The van der Waals surface area contributed by atoms with E-state index in [4.69, 9.17) is 0 Å². The van der Waals surface area contributed by atoms with Gasteiger partial charge < -0.3 is 10.2 Å². The zero-order chi connectivity index (χ0) is 14.0. The van der Waals surface area contributed by atoms with Crippen LogP contribution < -0.4 is 5.32 Å². The monoisotopic (exact) mass is 256 g/mol. The van der Waals surface area contributed by atoms with E-state index in [1.54, 1.807) is 0 Å². The molecule has 0 aromatic carbocycles. The third-order valence-corrected chi connectivity index (χ3v) is 4.16. The molecule has 0 aromatic rings. The Morgan fingerprint density at radius 3 is 2.06 bits per heavy atom. The number of rotatable bonds is 11. The number of hydrogen-bond acceptors (Lipinski definition) is 2. The minimum Gasteiger partial charge on any atom is -0.312 e. The lowest BCUT2D eigenvalue weighted by molar-refractivity contribution is 0.194. The van der Waals surface area contributed by atoms with Crippen LogP contribution in [0.15, 0.2) is 0 Å². The van der Waals surface area contributed by atoms with Gasteiger partial charge in [-0.15, -0.1) is 0 Å². The summed E-state index contributed by atoms with van der Waals surface area (Å²) in [6.45, 7) is 18.6. The molecule has 3 unspecified atom stereocenters. The molecule has 0 rings (SSSR count). The molecule has 0 spiro atoms. The lowest BCUT2D eigenvalue weighted by Crippen LogP contribution is -2.46. The van der Waals surface area contributed by atoms with E-state index in [1.165, 1.54) is 38.9 Å². The van der Waals surface area contributed by atoms with Gasteiger partial charge in [-0.1, -0.05) is 54.4 Å². The Morgan fingerprint density at radius 1 is 0.944 bits per heavy atom. The van der Waals surface area contributed by atoms with Crippen molar-refractivity contribution in [3.63, 3.8) is 0 Å². The third-order valence-electron chi connectivity index (χ3n) is 4.16. The highest BCUT2D eigenvalue weighted by Crippen LogP contribution is 2.11. The predicted octanol–water partition coefficient (Wildman–Crippen LogP) is 3.77. The van der Waals surface area contributed by atoms with E-state index in [9.17, 15) is 0 Å². The first-order valence-corrected chi connectivity index (χ1v) is 8.04. The van der Waals surface area contributed by atoms with Gasteiger partial charge in [-0.3, -0.25) is 0 Å². The Bertz CT molecular complexity index is 182. The molecule has 18 heavy (non-hydrogen) atoms. The molecule has 0 aliphatic carbocycles. The second kappa shape index (κ2) is 10.8. The van der Waals surface area contributed by atoms with E-state index in [2.05, 4.69) is 51.8 Å². The summed E-state index contributed by atoms with van der Waals surface area (Å²) in [4.78, 5) is 2.62. The minimum atomic E-state index is 0.652. The average molecular weight is 256 g/mol. The smallest absolute Gasteiger partial charge is 0.0220 e. The lowest BCUT2D eigenvalue weighted by Gasteiger charge is -2.32. The molecule has 0 fully saturated rings. The van der Waals surface area contributed by atoms with Crippen molar-refractivity contribution >= 4 is 0 Å². The van der Waals surface area contributed by atoms with Crippen molar-refractivity contribution in [3.05, 3.63) is 0 Å². The molecule has 0 bridgehead atoms. The number of nitrogens with zero attached hydrogens (tertiary/aromatic N) is 1. The standard InChI is InChI=1S/C16H36N2/c1-7-11-17-16(15(6)9-3)13-18(10-4)12-14(5)8-2/h14-17H,7-13H2,1-6H3. The molecule has 0 saturated heterocycles. The normalized spacial score (nSPS) is 16.8. The minimum absolute atomic E-state index is 0.652. The summed E-state index contributed by atoms with van der Waals surface area (Å²) in [6.07, 6.45) is 3.78. The zero-order valence-electron chi connectivity index (χ0n) is 13.6. The number of nitrogens with one attached hydrogen (secondary N) is 1. The highest BCUT2D eigenvalue weighted by Gasteiger charge is 2.18. The summed E-state index contributed by atoms with van der Waals surface area (Å²) in [5.41, 5.74) is 0. The Morgan fingerprint density at radius 2 is 1.61 bits per heavy atom. The fourth-order valence-corrected chi connectivity index (χ4v) is 2.24. The second-order valence-electron chi connectivity index (χ2n) is 5.81. The quantitative estimate of drug-likeness (QED) is 0.605. The van der Waals surface area contributed by atoms with E-state index >= 15 is 0 Å². The molecule has 0 radical (unpaired) electrons. The van der Waals surface area contributed by atoms with Crippen molar-refractivity contribution in [3.8, 4) is 0 Å². The first-order chi connectivity index (χ1) is 8.58. The maximum atomic E-state index is 3.73. The van der Waals surface area contributed by atoms with Crippen LogP contribution in [0.2, 0.25) is 0 Å². The molecule has 2 nitrogen and oxygen atoms in total. The third kappa shape index (κ3) is 7.38. The van der Waals surface area contributed by atoms with Crippen LogP contribution in [0.5, 0.6) is 0 Å². The van der Waals surface area contributed by atoms with E-state index in [0.717, 1.165) is 18.4 Å². The molecule has 0 aliphatic heterocycles. The van der Waals surface area contributed by atoms with Crippen LogP contribution in [-0.2, 0) is 0 Å². The maximum absolute atomic E-state index is 3.73. The summed E-state index contributed by atoms with van der Waals surface area (Å²) in [6, 6.07) is 0.652. The van der Waals surface area contributed by atoms with Crippen LogP contribution in [0.3, 0.4) is 0 Å². The van der Waals surface area contributed by atoms with E-state index in [1.807, 2.05) is 0 Å². The summed E-state index contributed by atoms with van der Waals surface area (Å²) in [7, 11) is 0. The molecule has 0 amide bonds. The maximum Gasteiger partial charge on any atom is 0.0220 e. The van der Waals surface area contributed by atoms with Crippen molar-refractivity contribution in [1.82, 2.24) is 10.2 Å². The summed E-state index contributed by atoms with van der Waals surface area (Å²) < 4.78 is 0. The van der Waals surface area contributed by atoms with Gasteiger partial charge in [-0.25, -0.2) is 0 Å². The number of hydrogen-bond donors (Lipinski definition) is 1. The van der Waals surface area contributed by atoms with Crippen LogP contribution in [0.1, 0.15) is 60.8 Å². The van der Waals surface area contributed by atoms with Gasteiger partial charge in [0.25, 0.3) is 0 Å². The molecular formula is C16H36N2. The molecule has 110 valence electrons. The van der Waals surface area contributed by atoms with Gasteiger partial charge in [0, 0.05) is 19.1 Å². The Hall–Kier alpha value is -0.0800. The molecular weight excluding hydrogens is 220 g/mol. The zero-order valence-corrected chi connectivity index (χ0v) is 13.6. The molecule has 0 aromatic heterocycles. The van der Waals surface area contributed by atoms with Gasteiger partial charge in [0.2, 0.25) is 0 Å². The Labute approximate surface area is 116 Å². The Kier molecular flexibility index (Phi) is 10.8. The van der Waals surface area contributed by atoms with Crippen molar-refractivity contribution in [2.45, 2.75) is 66.8 Å². The van der Waals surface area contributed by atoms with Gasteiger partial charge in [0.1, 0.15) is 0 Å². The van der Waals surface area contributed by atoms with Gasteiger partial charge in [0.15, 0.2) is 0 Å². The molecule has 0 saturated carbocycles. The molecule has 3 atom stereocenters. The molecule has 1 N–H and O–H groups in total. The summed E-state index contributed by atoms with van der Waals surface area (Å²) in [5.74, 6) is 1.58. The average Bonchev–Trinajstić information content (AvgIpc) is 2.40. The van der Waals surface area contributed by atoms with Gasteiger partial charge in [-0.05, 0) is 31.3 Å². The first-order valence-electron chi connectivity index (χ1n) is 8.04. The first kappa shape index (κ1) is 17.9. The highest BCUT2D eigenvalue weighted by molar-refractivity contribution is 4.77. The molecule has 2 heteroatoms. The van der Waals surface area contributed by atoms with E-state index in [0.29, 0.717) is 6.04 Å². The van der Waals surface area contributed by atoms with Gasteiger partial charge in [-0.2, -0.15) is 0 Å². The fraction of sp³-hybridized carbons (Fsp3) is 1.00. The summed E-state index contributed by atoms with van der Waals surface area (Å²) in [5, 5.41) is 3.73. The SMILES string of the molecule is CCCNC(CN(CC)CC(C)CC)C(C)CC. The largest absolute Gasteiger partial charge is 0.312 e. The predicted molar refractivity (Wildman–Crippen MR) is 83.1 cm³/mol. The molecule has 0 aliphatic rings. The second-order valence-corrected chi connectivity index (χ2v) is 5.81. The van der Waals surface area contributed by atoms with Crippen LogP contribution in [0.4, 0.5) is 0 Å².